The van der Waals surface area contributed by atoms with Gasteiger partial charge in [-0.1, -0.05) is 0 Å². The molecule has 0 spiro atoms. The van der Waals surface area contributed by atoms with Crippen LogP contribution in [0.15, 0.2) is 57.8 Å². The third-order valence-electron chi connectivity index (χ3n) is 5.04. The molecule has 7 nitrogen and oxygen atoms in total. The highest BCUT2D eigenvalue weighted by molar-refractivity contribution is 7.89. The second kappa shape index (κ2) is 8.53. The summed E-state index contributed by atoms with van der Waals surface area (Å²) in [6, 6.07) is 12.2. The molecule has 0 N–H and O–H groups in total. The zero-order valence-corrected chi connectivity index (χ0v) is 17.3. The smallest absolute Gasteiger partial charge is 0.247 e. The Labute approximate surface area is 174 Å². The molecule has 4 rings (SSSR count). The fraction of sp³-hybridized carbons (Fsp3) is 0.333. The van der Waals surface area contributed by atoms with E-state index in [9.17, 15) is 12.8 Å². The lowest BCUT2D eigenvalue weighted by Gasteiger charge is -2.30. The SMILES string of the molecule is CCOc1ccc(S(=O)(=O)N2CCC[C@H](c3nnc(-c4ccc(F)cc4)o3)C2)cc1. The predicted octanol–water partition coefficient (Wildman–Crippen LogP) is 3.84. The average Bonchev–Trinajstić information content (AvgIpc) is 3.25. The number of sulfonamides is 1. The first-order valence-corrected chi connectivity index (χ1v) is 11.2. The van der Waals surface area contributed by atoms with Gasteiger partial charge in [-0.25, -0.2) is 12.8 Å². The molecule has 0 unspecified atom stereocenters. The normalized spacial score (nSPS) is 17.7. The highest BCUT2D eigenvalue weighted by Crippen LogP contribution is 2.31. The fourth-order valence-electron chi connectivity index (χ4n) is 3.49. The van der Waals surface area contributed by atoms with Crippen molar-refractivity contribution in [1.82, 2.24) is 14.5 Å². The molecular formula is C21H22FN3O4S. The van der Waals surface area contributed by atoms with Crippen LogP contribution in [-0.4, -0.2) is 42.6 Å². The second-order valence-corrected chi connectivity index (χ2v) is 9.00. The van der Waals surface area contributed by atoms with Crippen LogP contribution in [0.4, 0.5) is 4.39 Å². The van der Waals surface area contributed by atoms with Crippen LogP contribution in [0.3, 0.4) is 0 Å². The molecule has 1 aromatic heterocycles. The van der Waals surface area contributed by atoms with E-state index in [1.54, 1.807) is 36.4 Å². The number of ether oxygens (including phenoxy) is 1. The first kappa shape index (κ1) is 20.5. The Morgan fingerprint density at radius 1 is 1.13 bits per heavy atom. The van der Waals surface area contributed by atoms with Crippen LogP contribution in [0.1, 0.15) is 31.6 Å². The van der Waals surface area contributed by atoms with Gasteiger partial charge in [0.15, 0.2) is 0 Å². The number of hydrogen-bond acceptors (Lipinski definition) is 6. The van der Waals surface area contributed by atoms with Crippen LogP contribution in [0.5, 0.6) is 5.75 Å². The van der Waals surface area contributed by atoms with E-state index in [4.69, 9.17) is 9.15 Å². The van der Waals surface area contributed by atoms with E-state index in [1.165, 1.54) is 16.4 Å². The standard InChI is InChI=1S/C21H22FN3O4S/c1-2-28-18-9-11-19(12-10-18)30(26,27)25-13-3-4-16(14-25)21-24-23-20(29-21)15-5-7-17(22)8-6-15/h5-12,16H,2-4,13-14H2,1H3/t16-/m0/s1. The molecule has 2 heterocycles. The van der Waals surface area contributed by atoms with Crippen LogP contribution in [0.25, 0.3) is 11.5 Å². The molecule has 3 aromatic rings. The molecule has 2 aromatic carbocycles. The summed E-state index contributed by atoms with van der Waals surface area (Å²) in [4.78, 5) is 0.226. The van der Waals surface area contributed by atoms with Crippen molar-refractivity contribution in [2.24, 2.45) is 0 Å². The monoisotopic (exact) mass is 431 g/mol. The van der Waals surface area contributed by atoms with E-state index in [-0.39, 0.29) is 29.1 Å². The number of rotatable bonds is 6. The molecule has 1 fully saturated rings. The van der Waals surface area contributed by atoms with Crippen LogP contribution >= 0.6 is 0 Å². The van der Waals surface area contributed by atoms with E-state index in [1.807, 2.05) is 6.92 Å². The van der Waals surface area contributed by atoms with Crippen LogP contribution in [0.2, 0.25) is 0 Å². The maximum Gasteiger partial charge on any atom is 0.247 e. The molecule has 1 aliphatic rings. The van der Waals surface area contributed by atoms with Crippen molar-refractivity contribution in [2.45, 2.75) is 30.6 Å². The molecule has 158 valence electrons. The number of nitrogens with zero attached hydrogens (tertiary/aromatic N) is 3. The number of hydrogen-bond donors (Lipinski definition) is 0. The maximum absolute atomic E-state index is 13.1. The summed E-state index contributed by atoms with van der Waals surface area (Å²) in [6.07, 6.45) is 1.44. The summed E-state index contributed by atoms with van der Waals surface area (Å²) in [7, 11) is -3.64. The Morgan fingerprint density at radius 3 is 2.57 bits per heavy atom. The van der Waals surface area contributed by atoms with Crippen molar-refractivity contribution >= 4 is 10.0 Å². The molecule has 1 aliphatic heterocycles. The molecule has 1 saturated heterocycles. The highest BCUT2D eigenvalue weighted by atomic mass is 32.2. The summed E-state index contributed by atoms with van der Waals surface area (Å²) in [5.41, 5.74) is 0.616. The fourth-order valence-corrected chi connectivity index (χ4v) is 5.02. The molecule has 1 atom stereocenters. The van der Waals surface area contributed by atoms with Gasteiger partial charge in [0.1, 0.15) is 11.6 Å². The number of benzene rings is 2. The van der Waals surface area contributed by atoms with Gasteiger partial charge in [-0.05, 0) is 68.3 Å². The van der Waals surface area contributed by atoms with Crippen LogP contribution in [-0.2, 0) is 10.0 Å². The van der Waals surface area contributed by atoms with Crippen LogP contribution in [0, 0.1) is 5.82 Å². The van der Waals surface area contributed by atoms with E-state index in [0.29, 0.717) is 36.8 Å². The molecule has 30 heavy (non-hydrogen) atoms. The van der Waals surface area contributed by atoms with E-state index >= 15 is 0 Å². The summed E-state index contributed by atoms with van der Waals surface area (Å²) < 4.78 is 51.9. The van der Waals surface area contributed by atoms with Gasteiger partial charge < -0.3 is 9.15 Å². The second-order valence-electron chi connectivity index (χ2n) is 7.06. The molecule has 0 bridgehead atoms. The first-order chi connectivity index (χ1) is 14.5. The van der Waals surface area contributed by atoms with E-state index < -0.39 is 10.0 Å². The lowest BCUT2D eigenvalue weighted by atomic mass is 10.00. The molecule has 0 amide bonds. The van der Waals surface area contributed by atoms with E-state index in [0.717, 1.165) is 6.42 Å². The summed E-state index contributed by atoms with van der Waals surface area (Å²) in [5, 5.41) is 8.15. The van der Waals surface area contributed by atoms with Crippen molar-refractivity contribution in [3.63, 3.8) is 0 Å². The minimum Gasteiger partial charge on any atom is -0.494 e. The number of piperidine rings is 1. The number of halogens is 1. The van der Waals surface area contributed by atoms with Gasteiger partial charge in [0.05, 0.1) is 17.4 Å². The summed E-state index contributed by atoms with van der Waals surface area (Å²) >= 11 is 0. The summed E-state index contributed by atoms with van der Waals surface area (Å²) in [6.45, 7) is 3.09. The minimum absolute atomic E-state index is 0.196. The van der Waals surface area contributed by atoms with Crippen molar-refractivity contribution in [2.75, 3.05) is 19.7 Å². The Hall–Kier alpha value is -2.78. The lowest BCUT2D eigenvalue weighted by Crippen LogP contribution is -2.39. The van der Waals surface area contributed by atoms with Gasteiger partial charge >= 0.3 is 0 Å². The van der Waals surface area contributed by atoms with Crippen molar-refractivity contribution in [1.29, 1.82) is 0 Å². The average molecular weight is 431 g/mol. The largest absolute Gasteiger partial charge is 0.494 e. The lowest BCUT2D eigenvalue weighted by molar-refractivity contribution is 0.286. The minimum atomic E-state index is -3.64. The van der Waals surface area contributed by atoms with Gasteiger partial charge in [0.25, 0.3) is 0 Å². The van der Waals surface area contributed by atoms with Gasteiger partial charge in [-0.2, -0.15) is 4.31 Å². The van der Waals surface area contributed by atoms with Crippen molar-refractivity contribution < 1.29 is 22.0 Å². The third kappa shape index (κ3) is 4.22. The first-order valence-electron chi connectivity index (χ1n) is 9.79. The molecular weight excluding hydrogens is 409 g/mol. The van der Waals surface area contributed by atoms with Gasteiger partial charge in [0, 0.05) is 18.7 Å². The maximum atomic E-state index is 13.1. The molecule has 0 saturated carbocycles. The van der Waals surface area contributed by atoms with Crippen molar-refractivity contribution in [3.05, 3.63) is 60.2 Å². The molecule has 0 aliphatic carbocycles. The zero-order chi connectivity index (χ0) is 21.1. The van der Waals surface area contributed by atoms with E-state index in [2.05, 4.69) is 10.2 Å². The van der Waals surface area contributed by atoms with Gasteiger partial charge in [0.2, 0.25) is 21.8 Å². The van der Waals surface area contributed by atoms with Gasteiger partial charge in [-0.15, -0.1) is 10.2 Å². The predicted molar refractivity (Wildman–Crippen MR) is 108 cm³/mol. The highest BCUT2D eigenvalue weighted by Gasteiger charge is 2.33. The quantitative estimate of drug-likeness (QED) is 0.589. The topological polar surface area (TPSA) is 85.5 Å². The zero-order valence-electron chi connectivity index (χ0n) is 16.5. The number of aromatic nitrogens is 2. The summed E-state index contributed by atoms with van der Waals surface area (Å²) in [5.74, 6) is 0.767. The van der Waals surface area contributed by atoms with Gasteiger partial charge in [-0.3, -0.25) is 0 Å². The Morgan fingerprint density at radius 2 is 1.87 bits per heavy atom. The van der Waals surface area contributed by atoms with Crippen LogP contribution < -0.4 is 4.74 Å². The molecule has 0 radical (unpaired) electrons. The third-order valence-corrected chi connectivity index (χ3v) is 6.92. The molecule has 9 heteroatoms. The Balaban J connectivity index is 1.51. The Kier molecular flexibility index (Phi) is 5.83. The van der Waals surface area contributed by atoms with Crippen molar-refractivity contribution in [3.8, 4) is 17.2 Å². The Bertz CT molecular complexity index is 1100.